The first-order chi connectivity index (χ1) is 20.4. The van der Waals surface area contributed by atoms with Crippen molar-refractivity contribution < 1.29 is 22.7 Å². The molecule has 1 aliphatic carbocycles. The molecule has 0 amide bonds. The van der Waals surface area contributed by atoms with Gasteiger partial charge >= 0.3 is 5.97 Å². The van der Waals surface area contributed by atoms with Crippen LogP contribution in [0.5, 0.6) is 0 Å². The van der Waals surface area contributed by atoms with Gasteiger partial charge in [0.1, 0.15) is 28.7 Å². The van der Waals surface area contributed by atoms with Crippen molar-refractivity contribution >= 4 is 38.2 Å². The van der Waals surface area contributed by atoms with Crippen molar-refractivity contribution in [3.8, 4) is 6.07 Å². The first-order valence-electron chi connectivity index (χ1n) is 15.3. The largest absolute Gasteiger partial charge is 0.459 e. The minimum Gasteiger partial charge on any atom is -0.459 e. The molecule has 0 bridgehead atoms. The molecule has 2 aliphatic rings. The maximum atomic E-state index is 16.1. The van der Waals surface area contributed by atoms with E-state index in [1.54, 1.807) is 26.8 Å². The standard InChI is InChI=1S/C34H44Cl2F2N2O3Si/c1-31(2,3)30(43-44(7)8)33(15-10-16-33)18-25-34(19-39,22-14-13-20(35)17-24(22)37)26(21-11-9-12-23(36)27(21)38)28(40-25)29(41)42-32(4,5)6/h9,11-14,17,25-26,28,30,40,44H,10,15-16,18H2,1-8H3/t25-,26-,28+,30?,34-/m0/s1. The molecule has 5 nitrogen and oxygen atoms in total. The Morgan fingerprint density at radius 2 is 1.80 bits per heavy atom. The van der Waals surface area contributed by atoms with Crippen LogP contribution in [0.2, 0.25) is 23.1 Å². The Morgan fingerprint density at radius 1 is 1.14 bits per heavy atom. The van der Waals surface area contributed by atoms with Crippen molar-refractivity contribution in [2.45, 2.75) is 115 Å². The fraction of sp³-hybridized carbons (Fsp3) is 0.588. The third-order valence-corrected chi connectivity index (χ3v) is 10.3. The number of halogens is 4. The van der Waals surface area contributed by atoms with Crippen LogP contribution in [0.25, 0.3) is 0 Å². The van der Waals surface area contributed by atoms with Crippen molar-refractivity contribution in [1.29, 1.82) is 5.26 Å². The Bertz CT molecular complexity index is 1430. The lowest BCUT2D eigenvalue weighted by Crippen LogP contribution is -2.56. The number of rotatable bonds is 8. The van der Waals surface area contributed by atoms with Gasteiger partial charge in [0.25, 0.3) is 0 Å². The number of esters is 1. The summed E-state index contributed by atoms with van der Waals surface area (Å²) in [5.74, 6) is -3.29. The molecule has 1 N–H and O–H groups in total. The van der Waals surface area contributed by atoms with E-state index in [9.17, 15) is 10.1 Å². The van der Waals surface area contributed by atoms with Crippen LogP contribution < -0.4 is 5.32 Å². The van der Waals surface area contributed by atoms with Crippen LogP contribution in [0.1, 0.15) is 84.3 Å². The van der Waals surface area contributed by atoms with Crippen molar-refractivity contribution in [2.24, 2.45) is 10.8 Å². The highest BCUT2D eigenvalue weighted by atomic mass is 35.5. The minimum absolute atomic E-state index is 0.0401. The lowest BCUT2D eigenvalue weighted by Gasteiger charge is -2.55. The summed E-state index contributed by atoms with van der Waals surface area (Å²) in [6.07, 6.45) is 2.96. The molecule has 2 fully saturated rings. The fourth-order valence-corrected chi connectivity index (χ4v) is 9.02. The lowest BCUT2D eigenvalue weighted by atomic mass is 9.54. The Kier molecular flexibility index (Phi) is 10.0. The molecule has 44 heavy (non-hydrogen) atoms. The maximum absolute atomic E-state index is 16.1. The van der Waals surface area contributed by atoms with Crippen LogP contribution in [0.3, 0.4) is 0 Å². The molecule has 1 heterocycles. The van der Waals surface area contributed by atoms with Crippen molar-refractivity contribution in [3.05, 3.63) is 69.2 Å². The average molecular weight is 666 g/mol. The van der Waals surface area contributed by atoms with E-state index < -0.39 is 55.7 Å². The van der Waals surface area contributed by atoms with E-state index in [0.717, 1.165) is 25.3 Å². The molecule has 0 aromatic heterocycles. The van der Waals surface area contributed by atoms with E-state index >= 15 is 8.78 Å². The molecule has 1 aliphatic heterocycles. The Morgan fingerprint density at radius 3 is 2.30 bits per heavy atom. The van der Waals surface area contributed by atoms with Crippen molar-refractivity contribution in [2.75, 3.05) is 0 Å². The zero-order chi connectivity index (χ0) is 32.8. The van der Waals surface area contributed by atoms with Gasteiger partial charge in [-0.25, -0.2) is 8.78 Å². The summed E-state index contributed by atoms with van der Waals surface area (Å²) in [6, 6.07) is 9.15. The highest BCUT2D eigenvalue weighted by Crippen LogP contribution is 2.59. The van der Waals surface area contributed by atoms with E-state index in [-0.39, 0.29) is 38.1 Å². The molecule has 2 aromatic rings. The van der Waals surface area contributed by atoms with E-state index in [4.69, 9.17) is 32.4 Å². The van der Waals surface area contributed by atoms with Gasteiger partial charge in [0, 0.05) is 22.5 Å². The molecule has 10 heteroatoms. The summed E-state index contributed by atoms with van der Waals surface area (Å²) >= 11 is 12.5. The number of ether oxygens (including phenoxy) is 1. The molecule has 4 rings (SSSR count). The van der Waals surface area contributed by atoms with Crippen LogP contribution in [-0.2, 0) is 19.4 Å². The van der Waals surface area contributed by atoms with Crippen LogP contribution in [0.4, 0.5) is 8.78 Å². The van der Waals surface area contributed by atoms with Crippen LogP contribution in [0.15, 0.2) is 36.4 Å². The topological polar surface area (TPSA) is 71.3 Å². The quantitative estimate of drug-likeness (QED) is 0.226. The molecular formula is C34H44Cl2F2N2O3Si. The predicted octanol–water partition coefficient (Wildman–Crippen LogP) is 8.47. The Labute approximate surface area is 272 Å². The second-order valence-electron chi connectivity index (χ2n) is 14.8. The number of nitrogens with one attached hydrogen (secondary N) is 1. The molecule has 5 atom stereocenters. The molecule has 0 radical (unpaired) electrons. The number of benzene rings is 2. The van der Waals surface area contributed by atoms with E-state index in [1.807, 2.05) is 0 Å². The van der Waals surface area contributed by atoms with Gasteiger partial charge in [-0.2, -0.15) is 5.26 Å². The van der Waals surface area contributed by atoms with Crippen molar-refractivity contribution in [1.82, 2.24) is 5.32 Å². The third kappa shape index (κ3) is 6.59. The molecule has 1 unspecified atom stereocenters. The highest BCUT2D eigenvalue weighted by Gasteiger charge is 2.64. The van der Waals surface area contributed by atoms with E-state index in [2.05, 4.69) is 45.3 Å². The first-order valence-corrected chi connectivity index (χ1v) is 18.8. The summed E-state index contributed by atoms with van der Waals surface area (Å²) in [7, 11) is -1.49. The Hall–Kier alpha value is -2.02. The number of carbonyl (C=O) groups excluding carboxylic acids is 1. The third-order valence-electron chi connectivity index (χ3n) is 9.00. The summed E-state index contributed by atoms with van der Waals surface area (Å²) < 4.78 is 44.7. The molecule has 240 valence electrons. The monoisotopic (exact) mass is 664 g/mol. The predicted molar refractivity (Wildman–Crippen MR) is 174 cm³/mol. The maximum Gasteiger partial charge on any atom is 0.324 e. The normalized spacial score (nSPS) is 25.8. The van der Waals surface area contributed by atoms with Gasteiger partial charge in [-0.3, -0.25) is 10.1 Å². The summed E-state index contributed by atoms with van der Waals surface area (Å²) in [5.41, 5.74) is -3.09. The molecule has 1 saturated carbocycles. The Balaban J connectivity index is 2.00. The second kappa shape index (κ2) is 12.6. The zero-order valence-electron chi connectivity index (χ0n) is 26.9. The fourth-order valence-electron chi connectivity index (χ4n) is 7.44. The smallest absolute Gasteiger partial charge is 0.324 e. The molecule has 2 aromatic carbocycles. The summed E-state index contributed by atoms with van der Waals surface area (Å²) in [5, 5.41) is 14.7. The highest BCUT2D eigenvalue weighted by molar-refractivity contribution is 6.48. The van der Waals surface area contributed by atoms with Gasteiger partial charge in [0.05, 0.1) is 17.2 Å². The summed E-state index contributed by atoms with van der Waals surface area (Å²) in [4.78, 5) is 14.0. The van der Waals surface area contributed by atoms with Gasteiger partial charge < -0.3 is 9.16 Å². The van der Waals surface area contributed by atoms with Crippen molar-refractivity contribution in [3.63, 3.8) is 0 Å². The molecular weight excluding hydrogens is 621 g/mol. The van der Waals surface area contributed by atoms with E-state index in [1.165, 1.54) is 24.3 Å². The number of carbonyl (C=O) groups is 1. The van der Waals surface area contributed by atoms with Crippen LogP contribution in [0, 0.1) is 33.8 Å². The summed E-state index contributed by atoms with van der Waals surface area (Å²) in [6.45, 7) is 16.0. The van der Waals surface area contributed by atoms with E-state index in [0.29, 0.717) is 6.42 Å². The molecule has 1 saturated heterocycles. The van der Waals surface area contributed by atoms with Crippen LogP contribution in [-0.4, -0.2) is 38.8 Å². The second-order valence-corrected chi connectivity index (χ2v) is 18.0. The minimum atomic E-state index is -1.73. The SMILES string of the molecule is C[SiH](C)OC(C(C)(C)C)C1(C[C@@H]2N[C@@H](C(=O)OC(C)(C)C)[C@H](c3cccc(Cl)c3F)[C@@]2(C#N)c2ccc(Cl)cc2F)CCC1. The first kappa shape index (κ1) is 34.8. The molecule has 0 spiro atoms. The van der Waals surface area contributed by atoms with Gasteiger partial charge in [-0.1, -0.05) is 68.6 Å². The lowest BCUT2D eigenvalue weighted by molar-refractivity contribution is -0.157. The average Bonchev–Trinajstić information content (AvgIpc) is 3.19. The number of hydrogen-bond acceptors (Lipinski definition) is 5. The number of hydrogen-bond donors (Lipinski definition) is 1. The zero-order valence-corrected chi connectivity index (χ0v) is 29.5. The van der Waals surface area contributed by atoms with Gasteiger partial charge in [0.2, 0.25) is 0 Å². The van der Waals surface area contributed by atoms with Crippen LogP contribution >= 0.6 is 23.2 Å². The number of nitriles is 1. The van der Waals surface area contributed by atoms with Gasteiger partial charge in [-0.05, 0) is 87.7 Å². The van der Waals surface area contributed by atoms with Gasteiger partial charge in [0.15, 0.2) is 9.04 Å². The number of nitrogens with zero attached hydrogens (tertiary/aromatic N) is 1. The van der Waals surface area contributed by atoms with Gasteiger partial charge in [-0.15, -0.1) is 0 Å².